The van der Waals surface area contributed by atoms with E-state index in [1.54, 1.807) is 19.1 Å². The molecule has 2 rings (SSSR count). The van der Waals surface area contributed by atoms with Gasteiger partial charge in [0.25, 0.3) is 5.91 Å². The molecule has 1 fully saturated rings. The lowest BCUT2D eigenvalue weighted by atomic mass is 9.93. The average molecular weight is 309 g/mol. The molecule has 6 nitrogen and oxygen atoms in total. The Bertz CT molecular complexity index is 504. The zero-order valence-electron chi connectivity index (χ0n) is 12.8. The van der Waals surface area contributed by atoms with E-state index >= 15 is 0 Å². The first kappa shape index (κ1) is 16.9. The third-order valence-electron chi connectivity index (χ3n) is 4.10. The maximum atomic E-state index is 12.3. The highest BCUT2D eigenvalue weighted by molar-refractivity contribution is 5.94. The summed E-state index contributed by atoms with van der Waals surface area (Å²) in [6.45, 7) is 3.33. The van der Waals surface area contributed by atoms with Gasteiger partial charge >= 0.3 is 0 Å². The fraction of sp³-hybridized carbons (Fsp3) is 0.562. The lowest BCUT2D eigenvalue weighted by Gasteiger charge is -2.41. The van der Waals surface area contributed by atoms with E-state index in [-0.39, 0.29) is 12.5 Å². The van der Waals surface area contributed by atoms with Crippen molar-refractivity contribution in [2.75, 3.05) is 6.61 Å². The quantitative estimate of drug-likeness (QED) is 0.620. The molecule has 0 aliphatic carbocycles. The van der Waals surface area contributed by atoms with Crippen molar-refractivity contribution >= 4 is 5.91 Å². The SMILES string of the molecule is CCc1ccc(C(=O)NC2C(C)OC(CO)C(O)C2O)cc1. The monoisotopic (exact) mass is 309 g/mol. The molecule has 122 valence electrons. The summed E-state index contributed by atoms with van der Waals surface area (Å²) in [4.78, 5) is 12.3. The first-order valence-electron chi connectivity index (χ1n) is 7.50. The molecule has 4 N–H and O–H groups in total. The smallest absolute Gasteiger partial charge is 0.251 e. The van der Waals surface area contributed by atoms with E-state index < -0.39 is 30.5 Å². The number of benzene rings is 1. The Morgan fingerprint density at radius 1 is 1.23 bits per heavy atom. The summed E-state index contributed by atoms with van der Waals surface area (Å²) in [6, 6.07) is 6.46. The number of nitrogens with one attached hydrogen (secondary N) is 1. The number of aryl methyl sites for hydroxylation is 1. The molecular formula is C16H23NO5. The molecule has 0 saturated carbocycles. The highest BCUT2D eigenvalue weighted by Gasteiger charge is 2.42. The van der Waals surface area contributed by atoms with Crippen LogP contribution in [0.3, 0.4) is 0 Å². The summed E-state index contributed by atoms with van der Waals surface area (Å²) in [5, 5.41) is 31.8. The van der Waals surface area contributed by atoms with Crippen molar-refractivity contribution in [2.45, 2.75) is 50.7 Å². The van der Waals surface area contributed by atoms with Gasteiger partial charge in [0, 0.05) is 5.56 Å². The van der Waals surface area contributed by atoms with Crippen LogP contribution in [-0.4, -0.2) is 58.3 Å². The molecule has 0 spiro atoms. The Kier molecular flexibility index (Phi) is 5.52. The topological polar surface area (TPSA) is 99.0 Å². The van der Waals surface area contributed by atoms with Crippen LogP contribution in [0.4, 0.5) is 0 Å². The number of carbonyl (C=O) groups excluding carboxylic acids is 1. The van der Waals surface area contributed by atoms with Crippen LogP contribution in [0.2, 0.25) is 0 Å². The van der Waals surface area contributed by atoms with E-state index in [9.17, 15) is 15.0 Å². The highest BCUT2D eigenvalue weighted by atomic mass is 16.5. The maximum Gasteiger partial charge on any atom is 0.251 e. The van der Waals surface area contributed by atoms with Gasteiger partial charge in [-0.15, -0.1) is 0 Å². The number of rotatable bonds is 4. The molecular weight excluding hydrogens is 286 g/mol. The van der Waals surface area contributed by atoms with Crippen LogP contribution in [0.15, 0.2) is 24.3 Å². The molecule has 0 bridgehead atoms. The molecule has 5 atom stereocenters. The minimum atomic E-state index is -1.24. The summed E-state index contributed by atoms with van der Waals surface area (Å²) in [5.74, 6) is -0.336. The van der Waals surface area contributed by atoms with Crippen molar-refractivity contribution in [1.82, 2.24) is 5.32 Å². The second kappa shape index (κ2) is 7.19. The van der Waals surface area contributed by atoms with E-state index in [0.29, 0.717) is 5.56 Å². The van der Waals surface area contributed by atoms with Crippen LogP contribution in [0.25, 0.3) is 0 Å². The number of aliphatic hydroxyl groups is 3. The Balaban J connectivity index is 2.06. The van der Waals surface area contributed by atoms with E-state index in [4.69, 9.17) is 9.84 Å². The molecule has 1 aromatic rings. The number of amides is 1. The van der Waals surface area contributed by atoms with Crippen LogP contribution < -0.4 is 5.32 Å². The largest absolute Gasteiger partial charge is 0.394 e. The van der Waals surface area contributed by atoms with E-state index in [1.165, 1.54) is 0 Å². The summed E-state index contributed by atoms with van der Waals surface area (Å²) in [6.07, 6.45) is -2.91. The first-order valence-corrected chi connectivity index (χ1v) is 7.50. The zero-order chi connectivity index (χ0) is 16.3. The molecule has 1 aliphatic rings. The van der Waals surface area contributed by atoms with Gasteiger partial charge in [0.2, 0.25) is 0 Å². The minimum absolute atomic E-state index is 0.336. The van der Waals surface area contributed by atoms with E-state index in [2.05, 4.69) is 5.32 Å². The van der Waals surface area contributed by atoms with Crippen LogP contribution in [0.1, 0.15) is 29.8 Å². The Morgan fingerprint density at radius 2 is 1.86 bits per heavy atom. The second-order valence-corrected chi connectivity index (χ2v) is 5.59. The van der Waals surface area contributed by atoms with E-state index in [1.807, 2.05) is 19.1 Å². The summed E-state index contributed by atoms with van der Waals surface area (Å²) < 4.78 is 5.43. The standard InChI is InChI=1S/C16H23NO5/c1-3-10-4-6-11(7-5-10)16(21)17-13-9(2)22-12(8-18)14(19)15(13)20/h4-7,9,12-15,18-20H,3,8H2,1-2H3,(H,17,21). The van der Waals surface area contributed by atoms with Crippen molar-refractivity contribution in [3.63, 3.8) is 0 Å². The number of hydrogen-bond acceptors (Lipinski definition) is 5. The van der Waals surface area contributed by atoms with Gasteiger partial charge < -0.3 is 25.4 Å². The summed E-state index contributed by atoms with van der Waals surface area (Å²) in [5.41, 5.74) is 1.61. The van der Waals surface area contributed by atoms with Crippen LogP contribution >= 0.6 is 0 Å². The van der Waals surface area contributed by atoms with Gasteiger partial charge in [-0.25, -0.2) is 0 Å². The molecule has 5 unspecified atom stereocenters. The van der Waals surface area contributed by atoms with Crippen LogP contribution in [0.5, 0.6) is 0 Å². The molecule has 1 heterocycles. The fourth-order valence-corrected chi connectivity index (χ4v) is 2.63. The Hall–Kier alpha value is -1.47. The lowest BCUT2D eigenvalue weighted by molar-refractivity contribution is -0.187. The number of ether oxygens (including phenoxy) is 1. The zero-order valence-corrected chi connectivity index (χ0v) is 12.8. The normalized spacial score (nSPS) is 31.8. The van der Waals surface area contributed by atoms with Crippen molar-refractivity contribution in [2.24, 2.45) is 0 Å². The molecule has 1 saturated heterocycles. The number of aliphatic hydroxyl groups excluding tert-OH is 3. The van der Waals surface area contributed by atoms with Gasteiger partial charge in [-0.05, 0) is 31.0 Å². The predicted molar refractivity (Wildman–Crippen MR) is 80.5 cm³/mol. The van der Waals surface area contributed by atoms with Gasteiger partial charge in [0.1, 0.15) is 18.3 Å². The average Bonchev–Trinajstić information content (AvgIpc) is 2.54. The van der Waals surface area contributed by atoms with Gasteiger partial charge in [0.15, 0.2) is 0 Å². The second-order valence-electron chi connectivity index (χ2n) is 5.59. The Labute approximate surface area is 129 Å². The van der Waals surface area contributed by atoms with Crippen molar-refractivity contribution < 1.29 is 24.9 Å². The maximum absolute atomic E-state index is 12.3. The minimum Gasteiger partial charge on any atom is -0.394 e. The van der Waals surface area contributed by atoms with Crippen molar-refractivity contribution in [3.8, 4) is 0 Å². The Morgan fingerprint density at radius 3 is 2.41 bits per heavy atom. The molecule has 1 amide bonds. The third kappa shape index (κ3) is 3.47. The van der Waals surface area contributed by atoms with E-state index in [0.717, 1.165) is 12.0 Å². The molecule has 0 aromatic heterocycles. The van der Waals surface area contributed by atoms with Gasteiger partial charge in [-0.3, -0.25) is 4.79 Å². The molecule has 22 heavy (non-hydrogen) atoms. The van der Waals surface area contributed by atoms with Gasteiger partial charge in [0.05, 0.1) is 18.8 Å². The van der Waals surface area contributed by atoms with Crippen LogP contribution in [0, 0.1) is 0 Å². The van der Waals surface area contributed by atoms with Crippen LogP contribution in [-0.2, 0) is 11.2 Å². The molecule has 6 heteroatoms. The lowest BCUT2D eigenvalue weighted by Crippen LogP contribution is -2.63. The fourth-order valence-electron chi connectivity index (χ4n) is 2.63. The summed E-state index contributed by atoms with van der Waals surface area (Å²) in [7, 11) is 0. The van der Waals surface area contributed by atoms with Gasteiger partial charge in [-0.2, -0.15) is 0 Å². The van der Waals surface area contributed by atoms with Crippen molar-refractivity contribution in [1.29, 1.82) is 0 Å². The first-order chi connectivity index (χ1) is 10.5. The predicted octanol–water partition coefficient (Wildman–Crippen LogP) is -0.151. The van der Waals surface area contributed by atoms with Gasteiger partial charge in [-0.1, -0.05) is 19.1 Å². The summed E-state index contributed by atoms with van der Waals surface area (Å²) >= 11 is 0. The van der Waals surface area contributed by atoms with Crippen molar-refractivity contribution in [3.05, 3.63) is 35.4 Å². The number of carbonyl (C=O) groups is 1. The molecule has 1 aromatic carbocycles. The molecule has 0 radical (unpaired) electrons. The third-order valence-corrected chi connectivity index (χ3v) is 4.10. The number of hydrogen-bond donors (Lipinski definition) is 4. The highest BCUT2D eigenvalue weighted by Crippen LogP contribution is 2.21. The molecule has 1 aliphatic heterocycles.